The van der Waals surface area contributed by atoms with Crippen LogP contribution < -0.4 is 10.2 Å². The molecule has 1 unspecified atom stereocenters. The Morgan fingerprint density at radius 1 is 1.23 bits per heavy atom. The topological polar surface area (TPSA) is 126 Å². The summed E-state index contributed by atoms with van der Waals surface area (Å²) in [6.45, 7) is 4.94. The van der Waals surface area contributed by atoms with Gasteiger partial charge in [0.2, 0.25) is 5.91 Å². The maximum atomic E-state index is 13.1. The number of para-hydroxylation sites is 1. The molecule has 1 fully saturated rings. The number of hydrogen-bond donors (Lipinski definition) is 2. The Hall–Kier alpha value is -3.82. The molecular formula is C21H22N8O2. The van der Waals surface area contributed by atoms with Gasteiger partial charge in [0.1, 0.15) is 17.2 Å². The summed E-state index contributed by atoms with van der Waals surface area (Å²) in [6.07, 6.45) is 5.12. The van der Waals surface area contributed by atoms with Crippen molar-refractivity contribution in [3.63, 3.8) is 0 Å². The van der Waals surface area contributed by atoms with Crippen molar-refractivity contribution in [1.82, 2.24) is 30.3 Å². The van der Waals surface area contributed by atoms with Gasteiger partial charge in [-0.25, -0.2) is 9.97 Å². The van der Waals surface area contributed by atoms with Gasteiger partial charge in [-0.2, -0.15) is 10.1 Å². The smallest absolute Gasteiger partial charge is 0.263 e. The van der Waals surface area contributed by atoms with Crippen LogP contribution in [0.15, 0.2) is 35.1 Å². The van der Waals surface area contributed by atoms with Crippen molar-refractivity contribution < 1.29 is 9.32 Å². The van der Waals surface area contributed by atoms with Crippen molar-refractivity contribution in [2.45, 2.75) is 26.7 Å². The van der Waals surface area contributed by atoms with Gasteiger partial charge >= 0.3 is 0 Å². The number of piperidine rings is 1. The van der Waals surface area contributed by atoms with E-state index in [1.807, 2.05) is 25.1 Å². The van der Waals surface area contributed by atoms with E-state index in [0.717, 1.165) is 36.0 Å². The second-order valence-corrected chi connectivity index (χ2v) is 7.72. The molecule has 10 nitrogen and oxygen atoms in total. The van der Waals surface area contributed by atoms with E-state index >= 15 is 0 Å². The van der Waals surface area contributed by atoms with Crippen LogP contribution in [-0.4, -0.2) is 49.3 Å². The zero-order valence-electron chi connectivity index (χ0n) is 17.3. The zero-order chi connectivity index (χ0) is 21.4. The van der Waals surface area contributed by atoms with Crippen molar-refractivity contribution in [3.05, 3.63) is 42.2 Å². The fraction of sp³-hybridized carbons (Fsp3) is 0.333. The van der Waals surface area contributed by atoms with E-state index in [4.69, 9.17) is 4.52 Å². The van der Waals surface area contributed by atoms with Crippen LogP contribution in [0.2, 0.25) is 0 Å². The van der Waals surface area contributed by atoms with Crippen molar-refractivity contribution >= 4 is 28.3 Å². The normalized spacial score (nSPS) is 16.6. The number of aromatic nitrogens is 6. The number of amides is 1. The van der Waals surface area contributed by atoms with E-state index in [0.29, 0.717) is 35.5 Å². The summed E-state index contributed by atoms with van der Waals surface area (Å²) < 4.78 is 5.35. The molecule has 0 aliphatic carbocycles. The third-order valence-electron chi connectivity index (χ3n) is 5.47. The first-order chi connectivity index (χ1) is 15.1. The number of rotatable bonds is 4. The second-order valence-electron chi connectivity index (χ2n) is 7.72. The van der Waals surface area contributed by atoms with Gasteiger partial charge in [-0.05, 0) is 32.8 Å². The highest BCUT2D eigenvalue weighted by Gasteiger charge is 2.29. The molecule has 0 saturated carbocycles. The molecule has 0 spiro atoms. The SMILES string of the molecule is Cc1noc(-c2cnc(C)nc2N2CCCC(C(=O)Nc3cccc4cn[nH]c34)C2)n1. The summed E-state index contributed by atoms with van der Waals surface area (Å²) in [5.74, 6) is 2.08. The maximum Gasteiger partial charge on any atom is 0.263 e. The van der Waals surface area contributed by atoms with E-state index in [1.165, 1.54) is 0 Å². The lowest BCUT2D eigenvalue weighted by Crippen LogP contribution is -2.41. The average Bonchev–Trinajstić information content (AvgIpc) is 3.43. The average molecular weight is 418 g/mol. The molecule has 1 aliphatic rings. The van der Waals surface area contributed by atoms with Gasteiger partial charge in [-0.1, -0.05) is 17.3 Å². The Morgan fingerprint density at radius 2 is 2.13 bits per heavy atom. The number of benzene rings is 1. The highest BCUT2D eigenvalue weighted by atomic mass is 16.5. The lowest BCUT2D eigenvalue weighted by Gasteiger charge is -2.33. The summed E-state index contributed by atoms with van der Waals surface area (Å²) in [4.78, 5) is 28.5. The van der Waals surface area contributed by atoms with Crippen LogP contribution in [0.1, 0.15) is 24.5 Å². The molecule has 0 radical (unpaired) electrons. The summed E-state index contributed by atoms with van der Waals surface area (Å²) in [5.41, 5.74) is 2.23. The molecule has 0 bridgehead atoms. The minimum Gasteiger partial charge on any atom is -0.355 e. The third kappa shape index (κ3) is 3.72. The lowest BCUT2D eigenvalue weighted by molar-refractivity contribution is -0.120. The molecule has 10 heteroatoms. The number of anilines is 2. The van der Waals surface area contributed by atoms with Gasteiger partial charge in [-0.3, -0.25) is 9.89 Å². The van der Waals surface area contributed by atoms with Crippen molar-refractivity contribution in [2.75, 3.05) is 23.3 Å². The number of H-pyrrole nitrogens is 1. The fourth-order valence-corrected chi connectivity index (χ4v) is 3.95. The summed E-state index contributed by atoms with van der Waals surface area (Å²) in [7, 11) is 0. The Morgan fingerprint density at radius 3 is 2.97 bits per heavy atom. The summed E-state index contributed by atoms with van der Waals surface area (Å²) in [6, 6.07) is 5.74. The molecule has 5 rings (SSSR count). The largest absolute Gasteiger partial charge is 0.355 e. The van der Waals surface area contributed by atoms with Crippen molar-refractivity contribution in [3.8, 4) is 11.5 Å². The van der Waals surface area contributed by atoms with E-state index < -0.39 is 0 Å². The first-order valence-corrected chi connectivity index (χ1v) is 10.2. The predicted octanol–water partition coefficient (Wildman–Crippen LogP) is 2.87. The molecule has 4 aromatic rings. The molecule has 1 saturated heterocycles. The van der Waals surface area contributed by atoms with Crippen LogP contribution in [0.5, 0.6) is 0 Å². The number of hydrogen-bond acceptors (Lipinski definition) is 8. The van der Waals surface area contributed by atoms with E-state index in [9.17, 15) is 4.79 Å². The molecule has 1 aromatic carbocycles. The Bertz CT molecular complexity index is 1250. The molecule has 1 atom stereocenters. The third-order valence-corrected chi connectivity index (χ3v) is 5.47. The van der Waals surface area contributed by atoms with Crippen LogP contribution >= 0.6 is 0 Å². The summed E-state index contributed by atoms with van der Waals surface area (Å²) >= 11 is 0. The van der Waals surface area contributed by atoms with Crippen LogP contribution in [0.25, 0.3) is 22.4 Å². The number of carbonyl (C=O) groups excluding carboxylic acids is 1. The monoisotopic (exact) mass is 418 g/mol. The van der Waals surface area contributed by atoms with Crippen LogP contribution in [-0.2, 0) is 4.79 Å². The van der Waals surface area contributed by atoms with Gasteiger partial charge in [0.15, 0.2) is 5.82 Å². The van der Waals surface area contributed by atoms with E-state index in [1.54, 1.807) is 19.3 Å². The van der Waals surface area contributed by atoms with Gasteiger partial charge in [0.05, 0.1) is 23.3 Å². The molecule has 2 N–H and O–H groups in total. The Balaban J connectivity index is 1.39. The van der Waals surface area contributed by atoms with E-state index in [-0.39, 0.29) is 11.8 Å². The second kappa shape index (κ2) is 7.78. The minimum absolute atomic E-state index is 0.0206. The lowest BCUT2D eigenvalue weighted by atomic mass is 9.96. The number of aromatic amines is 1. The fourth-order valence-electron chi connectivity index (χ4n) is 3.95. The molecule has 31 heavy (non-hydrogen) atoms. The first kappa shape index (κ1) is 19.2. The molecule has 3 aromatic heterocycles. The number of aryl methyl sites for hydroxylation is 2. The van der Waals surface area contributed by atoms with Gasteiger partial charge in [0, 0.05) is 24.7 Å². The minimum atomic E-state index is -0.181. The predicted molar refractivity (Wildman–Crippen MR) is 114 cm³/mol. The van der Waals surface area contributed by atoms with Gasteiger partial charge in [0.25, 0.3) is 5.89 Å². The van der Waals surface area contributed by atoms with Gasteiger partial charge < -0.3 is 14.7 Å². The molecule has 158 valence electrons. The number of fused-ring (bicyclic) bond motifs is 1. The van der Waals surface area contributed by atoms with Crippen LogP contribution in [0, 0.1) is 19.8 Å². The molecular weight excluding hydrogens is 396 g/mol. The van der Waals surface area contributed by atoms with Crippen LogP contribution in [0.4, 0.5) is 11.5 Å². The quantitative estimate of drug-likeness (QED) is 0.518. The highest BCUT2D eigenvalue weighted by Crippen LogP contribution is 2.31. The molecule has 1 aliphatic heterocycles. The highest BCUT2D eigenvalue weighted by molar-refractivity contribution is 6.01. The zero-order valence-corrected chi connectivity index (χ0v) is 17.3. The van der Waals surface area contributed by atoms with Gasteiger partial charge in [-0.15, -0.1) is 0 Å². The van der Waals surface area contributed by atoms with Crippen molar-refractivity contribution in [2.24, 2.45) is 5.92 Å². The molecule has 1 amide bonds. The van der Waals surface area contributed by atoms with Crippen LogP contribution in [0.3, 0.4) is 0 Å². The molecule has 4 heterocycles. The summed E-state index contributed by atoms with van der Waals surface area (Å²) in [5, 5.41) is 14.9. The van der Waals surface area contributed by atoms with Crippen molar-refractivity contribution in [1.29, 1.82) is 0 Å². The number of nitrogens with one attached hydrogen (secondary N) is 2. The number of carbonyl (C=O) groups is 1. The maximum absolute atomic E-state index is 13.1. The Kier molecular flexibility index (Phi) is 4.81. The Labute approximate surface area is 178 Å². The number of nitrogens with zero attached hydrogens (tertiary/aromatic N) is 6. The first-order valence-electron chi connectivity index (χ1n) is 10.2. The van der Waals surface area contributed by atoms with E-state index in [2.05, 4.69) is 40.5 Å². The standard InChI is InChI=1S/C21H22N8O2/c1-12-22-10-16(21-25-13(2)28-31-21)19(24-12)29-8-4-6-15(11-29)20(30)26-17-7-3-5-14-9-23-27-18(14)17/h3,5,7,9-10,15H,4,6,8,11H2,1-2H3,(H,23,27)(H,26,30).